The number of benzene rings is 2. The van der Waals surface area contributed by atoms with Gasteiger partial charge in [-0.15, -0.1) is 0 Å². The molecule has 21 heavy (non-hydrogen) atoms. The minimum Gasteiger partial charge on any atom is -0.492 e. The summed E-state index contributed by atoms with van der Waals surface area (Å²) in [6.45, 7) is 4.51. The van der Waals surface area contributed by atoms with E-state index in [-0.39, 0.29) is 0 Å². The van der Waals surface area contributed by atoms with Crippen molar-refractivity contribution in [3.63, 3.8) is 0 Å². The van der Waals surface area contributed by atoms with Crippen LogP contribution in [0, 0.1) is 6.92 Å². The van der Waals surface area contributed by atoms with Gasteiger partial charge in [0, 0.05) is 21.3 Å². The highest BCUT2D eigenvalue weighted by Gasteiger charge is 2.08. The Morgan fingerprint density at radius 2 is 2.00 bits per heavy atom. The summed E-state index contributed by atoms with van der Waals surface area (Å²) in [5.74, 6) is 0.780. The summed E-state index contributed by atoms with van der Waals surface area (Å²) in [5, 5.41) is 0.713. The van der Waals surface area contributed by atoms with Gasteiger partial charge in [-0.3, -0.25) is 4.99 Å². The van der Waals surface area contributed by atoms with Gasteiger partial charge in [-0.25, -0.2) is 0 Å². The smallest absolute Gasteiger partial charge is 0.142 e. The summed E-state index contributed by atoms with van der Waals surface area (Å²) in [6, 6.07) is 9.65. The first-order valence-corrected chi connectivity index (χ1v) is 8.39. The molecule has 2 aromatic rings. The first-order chi connectivity index (χ1) is 10.0. The summed E-state index contributed by atoms with van der Waals surface area (Å²) >= 11 is 13.1. The average molecular weight is 432 g/mol. The van der Waals surface area contributed by atoms with Gasteiger partial charge in [-0.2, -0.15) is 0 Å². The molecule has 2 nitrogen and oxygen atoms in total. The fraction of sp³-hybridized carbons (Fsp3) is 0.188. The molecule has 0 aliphatic heterocycles. The highest BCUT2D eigenvalue weighted by Crippen LogP contribution is 2.32. The molecule has 2 rings (SSSR count). The third kappa shape index (κ3) is 4.31. The van der Waals surface area contributed by atoms with Crippen molar-refractivity contribution >= 4 is 55.4 Å². The molecule has 0 aliphatic rings. The van der Waals surface area contributed by atoms with Crippen molar-refractivity contribution in [2.24, 2.45) is 4.99 Å². The maximum Gasteiger partial charge on any atom is 0.142 e. The molecular formula is C16H14Br2ClNO. The van der Waals surface area contributed by atoms with Crippen molar-refractivity contribution in [1.82, 2.24) is 0 Å². The zero-order valence-corrected chi connectivity index (χ0v) is 15.6. The number of aliphatic imine (C=N–C) groups is 1. The first kappa shape index (κ1) is 16.5. The van der Waals surface area contributed by atoms with E-state index in [9.17, 15) is 0 Å². The van der Waals surface area contributed by atoms with Crippen molar-refractivity contribution in [2.45, 2.75) is 13.8 Å². The molecule has 0 aliphatic carbocycles. The molecule has 0 amide bonds. The fourth-order valence-electron chi connectivity index (χ4n) is 1.78. The topological polar surface area (TPSA) is 21.6 Å². The van der Waals surface area contributed by atoms with E-state index in [0.29, 0.717) is 11.6 Å². The average Bonchev–Trinajstić information content (AvgIpc) is 2.43. The van der Waals surface area contributed by atoms with Gasteiger partial charge in [0.05, 0.1) is 16.8 Å². The van der Waals surface area contributed by atoms with Crippen molar-refractivity contribution in [3.05, 3.63) is 55.4 Å². The molecule has 110 valence electrons. The molecule has 0 fully saturated rings. The number of rotatable bonds is 4. The van der Waals surface area contributed by atoms with E-state index in [1.807, 2.05) is 44.2 Å². The monoisotopic (exact) mass is 429 g/mol. The van der Waals surface area contributed by atoms with Gasteiger partial charge < -0.3 is 4.74 Å². The van der Waals surface area contributed by atoms with Crippen molar-refractivity contribution in [1.29, 1.82) is 0 Å². The predicted molar refractivity (Wildman–Crippen MR) is 96.5 cm³/mol. The lowest BCUT2D eigenvalue weighted by Crippen LogP contribution is -1.97. The van der Waals surface area contributed by atoms with Gasteiger partial charge in [-0.05, 0) is 59.6 Å². The molecule has 0 radical (unpaired) electrons. The van der Waals surface area contributed by atoms with Gasteiger partial charge in [0.25, 0.3) is 0 Å². The lowest BCUT2D eigenvalue weighted by atomic mass is 10.2. The summed E-state index contributed by atoms with van der Waals surface area (Å²) in [7, 11) is 0. The molecular weight excluding hydrogens is 417 g/mol. The molecule has 0 N–H and O–H groups in total. The Hall–Kier alpha value is -0.840. The second-order valence-electron chi connectivity index (χ2n) is 4.43. The quantitative estimate of drug-likeness (QED) is 0.519. The van der Waals surface area contributed by atoms with Crippen LogP contribution >= 0.6 is 43.5 Å². The van der Waals surface area contributed by atoms with Crippen LogP contribution in [-0.2, 0) is 0 Å². The van der Waals surface area contributed by atoms with Gasteiger partial charge in [0.2, 0.25) is 0 Å². The molecule has 0 spiro atoms. The SMILES string of the molecule is CCOc1c(Br)cc(Br)cc1C=Nc1ccc(C)c(Cl)c1. The van der Waals surface area contributed by atoms with E-state index in [2.05, 4.69) is 36.9 Å². The number of hydrogen-bond donors (Lipinski definition) is 0. The maximum atomic E-state index is 6.11. The summed E-state index contributed by atoms with van der Waals surface area (Å²) in [5.41, 5.74) is 2.75. The van der Waals surface area contributed by atoms with Gasteiger partial charge >= 0.3 is 0 Å². The standard InChI is InChI=1S/C16H14Br2ClNO/c1-3-21-16-11(6-12(17)7-14(16)18)9-20-13-5-4-10(2)15(19)8-13/h4-9H,3H2,1-2H3. The van der Waals surface area contributed by atoms with Crippen LogP contribution in [0.15, 0.2) is 44.3 Å². The van der Waals surface area contributed by atoms with Crippen molar-refractivity contribution in [3.8, 4) is 5.75 Å². The Morgan fingerprint density at radius 1 is 1.24 bits per heavy atom. The Bertz CT molecular complexity index is 686. The summed E-state index contributed by atoms with van der Waals surface area (Å²) in [6.07, 6.45) is 1.78. The van der Waals surface area contributed by atoms with E-state index >= 15 is 0 Å². The molecule has 5 heteroatoms. The predicted octanol–water partition coefficient (Wildman–Crippen LogP) is 6.32. The van der Waals surface area contributed by atoms with Crippen LogP contribution in [0.5, 0.6) is 5.75 Å². The Balaban J connectivity index is 2.37. The number of ether oxygens (including phenoxy) is 1. The minimum absolute atomic E-state index is 0.595. The van der Waals surface area contributed by atoms with Crippen molar-refractivity contribution in [2.75, 3.05) is 6.61 Å². The lowest BCUT2D eigenvalue weighted by Gasteiger charge is -2.10. The highest BCUT2D eigenvalue weighted by atomic mass is 79.9. The zero-order valence-electron chi connectivity index (χ0n) is 11.7. The van der Waals surface area contributed by atoms with E-state index in [1.54, 1.807) is 6.21 Å². The normalized spacial score (nSPS) is 11.1. The van der Waals surface area contributed by atoms with Crippen LogP contribution in [0.25, 0.3) is 0 Å². The second-order valence-corrected chi connectivity index (χ2v) is 6.61. The van der Waals surface area contributed by atoms with Crippen LogP contribution in [-0.4, -0.2) is 12.8 Å². The number of aryl methyl sites for hydroxylation is 1. The van der Waals surface area contributed by atoms with Gasteiger partial charge in [0.1, 0.15) is 5.75 Å². The number of nitrogens with zero attached hydrogens (tertiary/aromatic N) is 1. The lowest BCUT2D eigenvalue weighted by molar-refractivity contribution is 0.337. The Morgan fingerprint density at radius 3 is 2.67 bits per heavy atom. The van der Waals surface area contributed by atoms with Gasteiger partial charge in [-0.1, -0.05) is 33.6 Å². The second kappa shape index (κ2) is 7.43. The van der Waals surface area contributed by atoms with E-state index < -0.39 is 0 Å². The minimum atomic E-state index is 0.595. The molecule has 0 aromatic heterocycles. The largest absolute Gasteiger partial charge is 0.492 e. The highest BCUT2D eigenvalue weighted by molar-refractivity contribution is 9.11. The van der Waals surface area contributed by atoms with Crippen molar-refractivity contribution < 1.29 is 4.74 Å². The molecule has 0 saturated heterocycles. The van der Waals surface area contributed by atoms with Crippen LogP contribution < -0.4 is 4.74 Å². The third-order valence-electron chi connectivity index (χ3n) is 2.83. The van der Waals surface area contributed by atoms with E-state index in [0.717, 1.165) is 31.5 Å². The Labute approximate surface area is 146 Å². The molecule has 0 unspecified atom stereocenters. The van der Waals surface area contributed by atoms with E-state index in [4.69, 9.17) is 16.3 Å². The van der Waals surface area contributed by atoms with E-state index in [1.165, 1.54) is 0 Å². The van der Waals surface area contributed by atoms with Crippen LogP contribution in [0.2, 0.25) is 5.02 Å². The first-order valence-electron chi connectivity index (χ1n) is 6.43. The molecule has 0 atom stereocenters. The molecule has 2 aromatic carbocycles. The molecule has 0 saturated carbocycles. The third-order valence-corrected chi connectivity index (χ3v) is 4.29. The molecule has 0 heterocycles. The fourth-order valence-corrected chi connectivity index (χ4v) is 3.33. The van der Waals surface area contributed by atoms with Crippen LogP contribution in [0.1, 0.15) is 18.1 Å². The number of hydrogen-bond acceptors (Lipinski definition) is 2. The number of halogens is 3. The Kier molecular flexibility index (Phi) is 5.85. The maximum absolute atomic E-state index is 6.11. The van der Waals surface area contributed by atoms with Crippen LogP contribution in [0.4, 0.5) is 5.69 Å². The summed E-state index contributed by atoms with van der Waals surface area (Å²) in [4.78, 5) is 4.47. The zero-order chi connectivity index (χ0) is 15.4. The summed E-state index contributed by atoms with van der Waals surface area (Å²) < 4.78 is 7.52. The van der Waals surface area contributed by atoms with Crippen LogP contribution in [0.3, 0.4) is 0 Å². The van der Waals surface area contributed by atoms with Gasteiger partial charge in [0.15, 0.2) is 0 Å². The molecule has 0 bridgehead atoms.